The molecule has 0 N–H and O–H groups in total. The van der Waals surface area contributed by atoms with Crippen LogP contribution in [0.4, 0.5) is 0 Å². The summed E-state index contributed by atoms with van der Waals surface area (Å²) in [6.45, 7) is 0. The highest BCUT2D eigenvalue weighted by molar-refractivity contribution is 5.84. The fourth-order valence-corrected chi connectivity index (χ4v) is 5.62. The van der Waals surface area contributed by atoms with Crippen LogP contribution in [0.2, 0.25) is 0 Å². The maximum Gasteiger partial charge on any atom is 0.164 e. The minimum Gasteiger partial charge on any atom is -0.292 e. The van der Waals surface area contributed by atoms with Crippen LogP contribution in [0.3, 0.4) is 0 Å². The average molecular weight is 578 g/mol. The van der Waals surface area contributed by atoms with Crippen LogP contribution in [0.15, 0.2) is 164 Å². The van der Waals surface area contributed by atoms with E-state index >= 15 is 0 Å². The number of nitrogens with zero attached hydrogens (tertiary/aromatic N) is 5. The third-order valence-corrected chi connectivity index (χ3v) is 7.89. The van der Waals surface area contributed by atoms with E-state index in [1.54, 1.807) is 0 Å². The number of hydrogen-bond donors (Lipinski definition) is 0. The van der Waals surface area contributed by atoms with Crippen LogP contribution in [0.5, 0.6) is 0 Å². The van der Waals surface area contributed by atoms with Gasteiger partial charge < -0.3 is 0 Å². The SMILES string of the molecule is c1ccc(-c2ccc(-n3c(-c4ccc(-c5nc(-c6ccccc6)nc(-c6ccccc6)n5)cc4)nc4ccccc43)cc2)cc1. The van der Waals surface area contributed by atoms with E-state index in [1.165, 1.54) is 11.1 Å². The highest BCUT2D eigenvalue weighted by atomic mass is 15.1. The molecule has 5 nitrogen and oxygen atoms in total. The van der Waals surface area contributed by atoms with Gasteiger partial charge in [-0.2, -0.15) is 0 Å². The highest BCUT2D eigenvalue weighted by Crippen LogP contribution is 2.32. The molecule has 45 heavy (non-hydrogen) atoms. The molecule has 0 aliphatic rings. The van der Waals surface area contributed by atoms with E-state index in [0.717, 1.165) is 44.8 Å². The lowest BCUT2D eigenvalue weighted by Gasteiger charge is -2.12. The summed E-state index contributed by atoms with van der Waals surface area (Å²) in [5.74, 6) is 2.79. The normalized spacial score (nSPS) is 11.1. The molecule has 0 atom stereocenters. The Morgan fingerprint density at radius 2 is 0.711 bits per heavy atom. The van der Waals surface area contributed by atoms with E-state index in [4.69, 9.17) is 19.9 Å². The van der Waals surface area contributed by atoms with Crippen LogP contribution in [0, 0.1) is 0 Å². The fraction of sp³-hybridized carbons (Fsp3) is 0. The van der Waals surface area contributed by atoms with E-state index in [-0.39, 0.29) is 0 Å². The van der Waals surface area contributed by atoms with Crippen molar-refractivity contribution in [2.24, 2.45) is 0 Å². The van der Waals surface area contributed by atoms with Crippen LogP contribution < -0.4 is 0 Å². The first kappa shape index (κ1) is 26.4. The molecule has 2 aromatic heterocycles. The molecule has 0 unspecified atom stereocenters. The lowest BCUT2D eigenvalue weighted by atomic mass is 10.1. The monoisotopic (exact) mass is 577 g/mol. The van der Waals surface area contributed by atoms with Crippen LogP contribution >= 0.6 is 0 Å². The number of hydrogen-bond acceptors (Lipinski definition) is 4. The van der Waals surface area contributed by atoms with Crippen molar-refractivity contribution in [1.82, 2.24) is 24.5 Å². The Balaban J connectivity index is 1.20. The van der Waals surface area contributed by atoms with Gasteiger partial charge in [-0.1, -0.05) is 140 Å². The number of fused-ring (bicyclic) bond motifs is 1. The van der Waals surface area contributed by atoms with E-state index in [9.17, 15) is 0 Å². The first-order valence-corrected chi connectivity index (χ1v) is 14.9. The lowest BCUT2D eigenvalue weighted by Crippen LogP contribution is -2.00. The van der Waals surface area contributed by atoms with Gasteiger partial charge in [0, 0.05) is 27.9 Å². The standard InChI is InChI=1S/C40H27N5/c1-4-12-28(13-5-1)29-24-26-34(27-25-29)45-36-19-11-10-18-35(36)41-40(45)33-22-20-32(21-23-33)39-43-37(30-14-6-2-7-15-30)42-38(44-39)31-16-8-3-9-17-31/h1-27H. The molecule has 0 spiro atoms. The summed E-state index contributed by atoms with van der Waals surface area (Å²) in [4.78, 5) is 19.7. The fourth-order valence-electron chi connectivity index (χ4n) is 5.62. The van der Waals surface area contributed by atoms with Crippen molar-refractivity contribution in [3.8, 4) is 62.4 Å². The third kappa shape index (κ3) is 5.17. The Kier molecular flexibility index (Phi) is 6.74. The van der Waals surface area contributed by atoms with Crippen molar-refractivity contribution >= 4 is 11.0 Å². The molecule has 2 heterocycles. The second-order valence-corrected chi connectivity index (χ2v) is 10.8. The van der Waals surface area contributed by atoms with Crippen LogP contribution in [0.25, 0.3) is 73.4 Å². The Bertz CT molecular complexity index is 2170. The van der Waals surface area contributed by atoms with Crippen molar-refractivity contribution in [3.63, 3.8) is 0 Å². The summed E-state index contributed by atoms with van der Waals surface area (Å²) in [7, 11) is 0. The zero-order valence-corrected chi connectivity index (χ0v) is 24.3. The number of para-hydroxylation sites is 2. The minimum atomic E-state index is 0.624. The predicted molar refractivity (Wildman–Crippen MR) is 182 cm³/mol. The molecular weight excluding hydrogens is 550 g/mol. The topological polar surface area (TPSA) is 56.5 Å². The summed E-state index contributed by atoms with van der Waals surface area (Å²) in [6, 6.07) is 55.7. The molecule has 0 saturated carbocycles. The van der Waals surface area contributed by atoms with E-state index < -0.39 is 0 Å². The van der Waals surface area contributed by atoms with Crippen LogP contribution in [0.1, 0.15) is 0 Å². The van der Waals surface area contributed by atoms with Gasteiger partial charge in [0.15, 0.2) is 17.5 Å². The summed E-state index contributed by atoms with van der Waals surface area (Å²) in [5.41, 5.74) is 9.23. The van der Waals surface area contributed by atoms with Gasteiger partial charge in [0.05, 0.1) is 11.0 Å². The minimum absolute atomic E-state index is 0.624. The summed E-state index contributed by atoms with van der Waals surface area (Å²) >= 11 is 0. The molecular formula is C40H27N5. The molecule has 0 amide bonds. The molecule has 5 heteroatoms. The summed E-state index contributed by atoms with van der Waals surface area (Å²) in [6.07, 6.45) is 0. The first-order chi connectivity index (χ1) is 22.3. The van der Waals surface area contributed by atoms with Crippen LogP contribution in [-0.4, -0.2) is 24.5 Å². The summed E-state index contributed by atoms with van der Waals surface area (Å²) in [5, 5.41) is 0. The van der Waals surface area contributed by atoms with Gasteiger partial charge >= 0.3 is 0 Å². The zero-order chi connectivity index (χ0) is 30.0. The first-order valence-electron chi connectivity index (χ1n) is 14.9. The second-order valence-electron chi connectivity index (χ2n) is 10.8. The van der Waals surface area contributed by atoms with Crippen molar-refractivity contribution in [2.45, 2.75) is 0 Å². The number of rotatable bonds is 6. The van der Waals surface area contributed by atoms with Gasteiger partial charge in [-0.05, 0) is 35.4 Å². The molecule has 212 valence electrons. The molecule has 0 aliphatic heterocycles. The van der Waals surface area contributed by atoms with Crippen molar-refractivity contribution < 1.29 is 0 Å². The van der Waals surface area contributed by atoms with E-state index in [1.807, 2.05) is 72.8 Å². The Labute approximate surface area is 261 Å². The van der Waals surface area contributed by atoms with Gasteiger partial charge in [0.1, 0.15) is 5.82 Å². The van der Waals surface area contributed by atoms with Crippen molar-refractivity contribution in [2.75, 3.05) is 0 Å². The van der Waals surface area contributed by atoms with Gasteiger partial charge in [-0.25, -0.2) is 19.9 Å². The van der Waals surface area contributed by atoms with Crippen molar-refractivity contribution in [3.05, 3.63) is 164 Å². The predicted octanol–water partition coefficient (Wildman–Crippen LogP) is 9.55. The maximum atomic E-state index is 5.07. The van der Waals surface area contributed by atoms with Crippen molar-refractivity contribution in [1.29, 1.82) is 0 Å². The highest BCUT2D eigenvalue weighted by Gasteiger charge is 2.16. The molecule has 6 aromatic carbocycles. The largest absolute Gasteiger partial charge is 0.292 e. The molecule has 0 bridgehead atoms. The average Bonchev–Trinajstić information content (AvgIpc) is 3.52. The van der Waals surface area contributed by atoms with E-state index in [2.05, 4.69) is 95.6 Å². The summed E-state index contributed by atoms with van der Waals surface area (Å²) < 4.78 is 2.23. The second kappa shape index (κ2) is 11.5. The van der Waals surface area contributed by atoms with Gasteiger partial charge in [0.25, 0.3) is 0 Å². The molecule has 0 fully saturated rings. The Hall–Kier alpha value is -6.20. The Morgan fingerprint density at radius 3 is 1.27 bits per heavy atom. The van der Waals surface area contributed by atoms with Gasteiger partial charge in [-0.3, -0.25) is 4.57 Å². The third-order valence-electron chi connectivity index (χ3n) is 7.89. The quantitative estimate of drug-likeness (QED) is 0.197. The Morgan fingerprint density at radius 1 is 0.311 bits per heavy atom. The number of benzene rings is 6. The number of aromatic nitrogens is 5. The lowest BCUT2D eigenvalue weighted by molar-refractivity contribution is 1.07. The molecule has 0 saturated heterocycles. The molecule has 8 rings (SSSR count). The zero-order valence-electron chi connectivity index (χ0n) is 24.3. The smallest absolute Gasteiger partial charge is 0.164 e. The van der Waals surface area contributed by atoms with Gasteiger partial charge in [-0.15, -0.1) is 0 Å². The van der Waals surface area contributed by atoms with Gasteiger partial charge in [0.2, 0.25) is 0 Å². The van der Waals surface area contributed by atoms with Crippen LogP contribution in [-0.2, 0) is 0 Å². The molecule has 8 aromatic rings. The van der Waals surface area contributed by atoms with E-state index in [0.29, 0.717) is 17.5 Å². The maximum absolute atomic E-state index is 5.07. The molecule has 0 aliphatic carbocycles. The number of imidazole rings is 1. The molecule has 0 radical (unpaired) electrons.